The van der Waals surface area contributed by atoms with Crippen molar-refractivity contribution in [2.24, 2.45) is 10.2 Å². The minimum atomic E-state index is -5.19. The number of rotatable bonds is 5. The van der Waals surface area contributed by atoms with Crippen LogP contribution in [0, 0.1) is 0 Å². The van der Waals surface area contributed by atoms with Gasteiger partial charge in [-0.2, -0.15) is 25.3 Å². The SMILES string of the molecule is Nc1ccc(N=Nc2c(S(=O)(=O)O)cc3cc(S(=O)(=O)O)c(N)c(O)c3c2O)c(S(=O)(=O)O)c1. The zero-order chi connectivity index (χ0) is 25.8. The van der Waals surface area contributed by atoms with E-state index in [4.69, 9.17) is 11.5 Å². The monoisotopic (exact) mass is 534 g/mol. The second kappa shape index (κ2) is 8.04. The summed E-state index contributed by atoms with van der Waals surface area (Å²) in [5.41, 5.74) is 8.41. The highest BCUT2D eigenvalue weighted by atomic mass is 32.2. The van der Waals surface area contributed by atoms with Gasteiger partial charge in [-0.25, -0.2) is 0 Å². The van der Waals surface area contributed by atoms with Gasteiger partial charge in [-0.1, -0.05) is 0 Å². The standard InChI is InChI=1S/C16H14N4O11S3/c17-7-1-2-8(9(5-7)32(23,24)25)19-20-14-11(34(29,30)31)4-6-3-10(33(26,27)28)13(18)15(21)12(6)16(14)22/h1-5,21-22H,17-18H2,(H,23,24,25)(H,26,27,28)(H,29,30,31). The first-order valence-corrected chi connectivity index (χ1v) is 12.8. The van der Waals surface area contributed by atoms with E-state index in [9.17, 15) is 49.1 Å². The van der Waals surface area contributed by atoms with Gasteiger partial charge in [-0.05, 0) is 35.7 Å². The van der Waals surface area contributed by atoms with Gasteiger partial charge >= 0.3 is 0 Å². The number of fused-ring (bicyclic) bond motifs is 1. The van der Waals surface area contributed by atoms with Crippen molar-refractivity contribution in [1.82, 2.24) is 0 Å². The molecule has 0 aliphatic rings. The van der Waals surface area contributed by atoms with Crippen LogP contribution in [0.2, 0.25) is 0 Å². The Morgan fingerprint density at radius 3 is 1.74 bits per heavy atom. The third-order valence-corrected chi connectivity index (χ3v) is 7.03. The number of hydrogen-bond acceptors (Lipinski definition) is 12. The number of anilines is 2. The predicted molar refractivity (Wildman–Crippen MR) is 116 cm³/mol. The molecule has 18 heteroatoms. The highest BCUT2D eigenvalue weighted by Crippen LogP contribution is 2.48. The van der Waals surface area contributed by atoms with Crippen molar-refractivity contribution in [3.8, 4) is 11.5 Å². The van der Waals surface area contributed by atoms with E-state index in [1.165, 1.54) is 0 Å². The molecule has 0 aromatic heterocycles. The number of phenols is 2. The normalized spacial score (nSPS) is 13.0. The lowest BCUT2D eigenvalue weighted by atomic mass is 10.1. The molecule has 3 rings (SSSR count). The van der Waals surface area contributed by atoms with Crippen LogP contribution in [-0.2, 0) is 30.4 Å². The van der Waals surface area contributed by atoms with E-state index in [1.807, 2.05) is 0 Å². The van der Waals surface area contributed by atoms with Gasteiger partial charge in [0.15, 0.2) is 11.5 Å². The number of nitrogens with two attached hydrogens (primary N) is 2. The minimum absolute atomic E-state index is 0.0891. The van der Waals surface area contributed by atoms with Crippen molar-refractivity contribution in [2.45, 2.75) is 14.7 Å². The van der Waals surface area contributed by atoms with Gasteiger partial charge < -0.3 is 21.7 Å². The fraction of sp³-hybridized carbons (Fsp3) is 0. The molecule has 0 saturated carbocycles. The molecule has 0 spiro atoms. The van der Waals surface area contributed by atoms with Gasteiger partial charge in [0, 0.05) is 5.69 Å². The van der Waals surface area contributed by atoms with Crippen molar-refractivity contribution in [1.29, 1.82) is 0 Å². The lowest BCUT2D eigenvalue weighted by Crippen LogP contribution is -2.05. The first kappa shape index (κ1) is 25.1. The van der Waals surface area contributed by atoms with E-state index in [-0.39, 0.29) is 5.69 Å². The average Bonchev–Trinajstić information content (AvgIpc) is 2.67. The van der Waals surface area contributed by atoms with Crippen molar-refractivity contribution in [3.63, 3.8) is 0 Å². The maximum Gasteiger partial charge on any atom is 0.296 e. The van der Waals surface area contributed by atoms with Crippen LogP contribution >= 0.6 is 0 Å². The zero-order valence-electron chi connectivity index (χ0n) is 16.3. The molecule has 0 saturated heterocycles. The van der Waals surface area contributed by atoms with E-state index in [1.54, 1.807) is 0 Å². The van der Waals surface area contributed by atoms with E-state index in [2.05, 4.69) is 10.2 Å². The molecule has 3 aromatic rings. The minimum Gasteiger partial charge on any atom is -0.505 e. The molecular formula is C16H14N4O11S3. The van der Waals surface area contributed by atoms with Crippen LogP contribution in [0.3, 0.4) is 0 Å². The molecule has 0 aliphatic heterocycles. The summed E-state index contributed by atoms with van der Waals surface area (Å²) >= 11 is 0. The van der Waals surface area contributed by atoms with Gasteiger partial charge in [0.2, 0.25) is 0 Å². The van der Waals surface area contributed by atoms with Crippen LogP contribution in [-0.4, -0.2) is 49.1 Å². The number of hydrogen-bond donors (Lipinski definition) is 7. The second-order valence-corrected chi connectivity index (χ2v) is 10.8. The summed E-state index contributed by atoms with van der Waals surface area (Å²) < 4.78 is 98.1. The number of aromatic hydroxyl groups is 2. The van der Waals surface area contributed by atoms with Crippen LogP contribution < -0.4 is 11.5 Å². The molecule has 9 N–H and O–H groups in total. The van der Waals surface area contributed by atoms with Crippen LogP contribution in [0.25, 0.3) is 10.8 Å². The van der Waals surface area contributed by atoms with Crippen LogP contribution in [0.15, 0.2) is 55.2 Å². The van der Waals surface area contributed by atoms with Crippen molar-refractivity contribution >= 4 is 63.9 Å². The molecule has 0 radical (unpaired) electrons. The first-order chi connectivity index (χ1) is 15.4. The summed E-state index contributed by atoms with van der Waals surface area (Å²) in [5.74, 6) is -2.25. The lowest BCUT2D eigenvalue weighted by Gasteiger charge is -2.13. The molecule has 182 valence electrons. The number of benzene rings is 3. The molecule has 0 bridgehead atoms. The summed E-state index contributed by atoms with van der Waals surface area (Å²) in [7, 11) is -15.1. The zero-order valence-corrected chi connectivity index (χ0v) is 18.8. The average molecular weight is 535 g/mol. The Balaban J connectivity index is 2.41. The topological polar surface area (TPSA) is 280 Å². The lowest BCUT2D eigenvalue weighted by molar-refractivity contribution is 0.459. The summed E-state index contributed by atoms with van der Waals surface area (Å²) in [4.78, 5) is -2.99. The van der Waals surface area contributed by atoms with Crippen molar-refractivity contribution in [3.05, 3.63) is 30.3 Å². The third kappa shape index (κ3) is 4.58. The van der Waals surface area contributed by atoms with Crippen LogP contribution in [0.5, 0.6) is 11.5 Å². The Hall–Kier alpha value is -3.55. The van der Waals surface area contributed by atoms with Crippen LogP contribution in [0.1, 0.15) is 0 Å². The number of nitrogen functional groups attached to an aromatic ring is 2. The molecule has 3 aromatic carbocycles. The summed E-state index contributed by atoms with van der Waals surface area (Å²) in [6, 6.07) is 4.17. The molecule has 0 unspecified atom stereocenters. The summed E-state index contributed by atoms with van der Waals surface area (Å²) in [5, 5.41) is 26.7. The molecule has 0 amide bonds. The van der Waals surface area contributed by atoms with E-state index in [0.717, 1.165) is 18.2 Å². The molecule has 0 fully saturated rings. The highest BCUT2D eigenvalue weighted by Gasteiger charge is 2.27. The maximum atomic E-state index is 11.9. The molecule has 34 heavy (non-hydrogen) atoms. The Morgan fingerprint density at radius 1 is 0.676 bits per heavy atom. The van der Waals surface area contributed by atoms with Crippen LogP contribution in [0.4, 0.5) is 22.7 Å². The third-order valence-electron chi connectivity index (χ3n) is 4.39. The Morgan fingerprint density at radius 2 is 1.21 bits per heavy atom. The van der Waals surface area contributed by atoms with E-state index >= 15 is 0 Å². The fourth-order valence-corrected chi connectivity index (χ4v) is 4.88. The molecule has 0 aliphatic carbocycles. The molecule has 0 atom stereocenters. The van der Waals surface area contributed by atoms with Crippen molar-refractivity contribution in [2.75, 3.05) is 11.5 Å². The largest absolute Gasteiger partial charge is 0.505 e. The van der Waals surface area contributed by atoms with Gasteiger partial charge in [-0.15, -0.1) is 10.2 Å². The second-order valence-electron chi connectivity index (χ2n) is 6.66. The van der Waals surface area contributed by atoms with Gasteiger partial charge in [0.05, 0.1) is 11.1 Å². The van der Waals surface area contributed by atoms with E-state index in [0.29, 0.717) is 12.1 Å². The van der Waals surface area contributed by atoms with E-state index < -0.39 is 84.4 Å². The number of phenolic OH excluding ortho intramolecular Hbond substituents is 2. The number of azo groups is 1. The molecular weight excluding hydrogens is 520 g/mol. The summed E-state index contributed by atoms with van der Waals surface area (Å²) in [6.07, 6.45) is 0. The Labute approximate surface area is 191 Å². The van der Waals surface area contributed by atoms with Gasteiger partial charge in [0.1, 0.15) is 26.1 Å². The van der Waals surface area contributed by atoms with Crippen molar-refractivity contribution < 1.29 is 49.1 Å². The highest BCUT2D eigenvalue weighted by molar-refractivity contribution is 7.86. The summed E-state index contributed by atoms with van der Waals surface area (Å²) in [6.45, 7) is 0. The molecule has 15 nitrogen and oxygen atoms in total. The Bertz CT molecular complexity index is 1720. The molecule has 0 heterocycles. The quantitative estimate of drug-likeness (QED) is 0.106. The smallest absolute Gasteiger partial charge is 0.296 e. The number of nitrogens with zero attached hydrogens (tertiary/aromatic N) is 2. The van der Waals surface area contributed by atoms with Gasteiger partial charge in [-0.3, -0.25) is 13.7 Å². The predicted octanol–water partition coefficient (Wildman–Crippen LogP) is 1.57. The Kier molecular flexibility index (Phi) is 5.93. The fourth-order valence-electron chi connectivity index (χ4n) is 2.92. The van der Waals surface area contributed by atoms with Gasteiger partial charge in [0.25, 0.3) is 30.4 Å². The first-order valence-electron chi connectivity index (χ1n) is 8.47. The maximum absolute atomic E-state index is 11.9.